The van der Waals surface area contributed by atoms with E-state index in [4.69, 9.17) is 16.6 Å². The number of thiazole rings is 1. The lowest BCUT2D eigenvalue weighted by Gasteiger charge is -2.32. The molecule has 0 saturated carbocycles. The molecule has 4 rings (SSSR count). The molecular formula is C20H21ClN3OS2+. The quantitative estimate of drug-likeness (QED) is 0.661. The van der Waals surface area contributed by atoms with Crippen LogP contribution in [0.2, 0.25) is 5.02 Å². The van der Waals surface area contributed by atoms with E-state index < -0.39 is 0 Å². The Kier molecular flexibility index (Phi) is 5.68. The van der Waals surface area contributed by atoms with Crippen molar-refractivity contribution in [2.75, 3.05) is 32.4 Å². The van der Waals surface area contributed by atoms with Gasteiger partial charge in [0.05, 0.1) is 47.0 Å². The highest BCUT2D eigenvalue weighted by atomic mass is 35.5. The molecule has 2 aromatic carbocycles. The van der Waals surface area contributed by atoms with Crippen molar-refractivity contribution in [1.82, 2.24) is 9.88 Å². The highest BCUT2D eigenvalue weighted by molar-refractivity contribution is 7.98. The number of amides is 1. The molecule has 1 N–H and O–H groups in total. The van der Waals surface area contributed by atoms with Gasteiger partial charge in [-0.25, -0.2) is 4.98 Å². The van der Waals surface area contributed by atoms with Crippen molar-refractivity contribution in [1.29, 1.82) is 0 Å². The molecule has 0 unspecified atom stereocenters. The minimum Gasteiger partial charge on any atom is -0.327 e. The summed E-state index contributed by atoms with van der Waals surface area (Å²) in [5, 5.41) is 1.70. The lowest BCUT2D eigenvalue weighted by molar-refractivity contribution is -0.917. The first-order valence-electron chi connectivity index (χ1n) is 8.95. The molecule has 0 spiro atoms. The Balaban J connectivity index is 1.39. The summed E-state index contributed by atoms with van der Waals surface area (Å²) < 4.78 is 1.24. The average molecular weight is 419 g/mol. The van der Waals surface area contributed by atoms with Crippen LogP contribution in [0.1, 0.15) is 15.4 Å². The van der Waals surface area contributed by atoms with Crippen molar-refractivity contribution >= 4 is 50.8 Å². The van der Waals surface area contributed by atoms with Gasteiger partial charge in [-0.2, -0.15) is 0 Å². The Morgan fingerprint density at radius 1 is 1.26 bits per heavy atom. The van der Waals surface area contributed by atoms with Crippen molar-refractivity contribution in [2.24, 2.45) is 0 Å². The van der Waals surface area contributed by atoms with Crippen LogP contribution in [0, 0.1) is 0 Å². The molecule has 1 aromatic heterocycles. The Hall–Kier alpha value is -1.60. The highest BCUT2D eigenvalue weighted by Crippen LogP contribution is 2.24. The number of aromatic nitrogens is 1. The van der Waals surface area contributed by atoms with Crippen LogP contribution < -0.4 is 4.90 Å². The lowest BCUT2D eigenvalue weighted by Crippen LogP contribution is -3.13. The van der Waals surface area contributed by atoms with Gasteiger partial charge in [0.15, 0.2) is 0 Å². The van der Waals surface area contributed by atoms with Crippen LogP contribution in [0.15, 0.2) is 47.4 Å². The fourth-order valence-electron chi connectivity index (χ4n) is 3.38. The van der Waals surface area contributed by atoms with Crippen molar-refractivity contribution in [3.8, 4) is 0 Å². The fourth-order valence-corrected chi connectivity index (χ4v) is 5.06. The molecule has 1 aliphatic rings. The zero-order chi connectivity index (χ0) is 18.8. The molecule has 3 aromatic rings. The maximum absolute atomic E-state index is 12.9. The molecule has 1 aliphatic heterocycles. The number of rotatable bonds is 4. The Morgan fingerprint density at radius 2 is 2.04 bits per heavy atom. The third-order valence-corrected chi connectivity index (χ3v) is 6.99. The van der Waals surface area contributed by atoms with Gasteiger partial charge in [0.2, 0.25) is 0 Å². The number of carbonyl (C=O) groups is 1. The van der Waals surface area contributed by atoms with Gasteiger partial charge in [0.25, 0.3) is 5.91 Å². The SMILES string of the molecule is CSc1ccc(Cl)c(C(=O)N2CC[NH+](Cc3nc4ccccc4s3)CC2)c1. The average Bonchev–Trinajstić information content (AvgIpc) is 3.11. The number of para-hydroxylation sites is 1. The third kappa shape index (κ3) is 4.14. The first kappa shape index (κ1) is 18.7. The van der Waals surface area contributed by atoms with Crippen LogP contribution in [0.4, 0.5) is 0 Å². The van der Waals surface area contributed by atoms with Gasteiger partial charge < -0.3 is 9.80 Å². The molecular weight excluding hydrogens is 398 g/mol. The number of thioether (sulfide) groups is 1. The molecule has 2 heterocycles. The molecule has 1 amide bonds. The maximum Gasteiger partial charge on any atom is 0.255 e. The molecule has 27 heavy (non-hydrogen) atoms. The maximum atomic E-state index is 12.9. The Labute approximate surface area is 172 Å². The first-order valence-corrected chi connectivity index (χ1v) is 11.4. The Bertz CT molecular complexity index is 934. The summed E-state index contributed by atoms with van der Waals surface area (Å²) >= 11 is 9.66. The molecule has 7 heteroatoms. The van der Waals surface area contributed by atoms with Gasteiger partial charge in [-0.15, -0.1) is 23.1 Å². The predicted molar refractivity (Wildman–Crippen MR) is 113 cm³/mol. The number of nitrogens with one attached hydrogen (secondary N) is 1. The second kappa shape index (κ2) is 8.19. The van der Waals surface area contributed by atoms with Crippen LogP contribution in [0.5, 0.6) is 0 Å². The number of piperazine rings is 1. The summed E-state index contributed by atoms with van der Waals surface area (Å²) in [6.07, 6.45) is 2.00. The summed E-state index contributed by atoms with van der Waals surface area (Å²) in [7, 11) is 0. The number of hydrogen-bond acceptors (Lipinski definition) is 4. The largest absolute Gasteiger partial charge is 0.327 e. The van der Waals surface area contributed by atoms with E-state index >= 15 is 0 Å². The van der Waals surface area contributed by atoms with Gasteiger partial charge in [-0.3, -0.25) is 4.79 Å². The van der Waals surface area contributed by atoms with Crippen molar-refractivity contribution in [3.05, 3.63) is 58.1 Å². The highest BCUT2D eigenvalue weighted by Gasteiger charge is 2.26. The van der Waals surface area contributed by atoms with E-state index in [1.165, 1.54) is 14.6 Å². The smallest absolute Gasteiger partial charge is 0.255 e. The van der Waals surface area contributed by atoms with Crippen LogP contribution >= 0.6 is 34.7 Å². The molecule has 0 aliphatic carbocycles. The first-order chi connectivity index (χ1) is 13.1. The van der Waals surface area contributed by atoms with Crippen LogP contribution in [0.3, 0.4) is 0 Å². The van der Waals surface area contributed by atoms with E-state index in [9.17, 15) is 4.79 Å². The van der Waals surface area contributed by atoms with Crippen LogP contribution in [-0.4, -0.2) is 48.2 Å². The number of benzene rings is 2. The number of halogens is 1. The molecule has 140 valence electrons. The van der Waals surface area contributed by atoms with Crippen molar-refractivity contribution in [3.63, 3.8) is 0 Å². The van der Waals surface area contributed by atoms with Gasteiger partial charge in [-0.1, -0.05) is 23.7 Å². The van der Waals surface area contributed by atoms with E-state index in [0.717, 1.165) is 43.1 Å². The Morgan fingerprint density at radius 3 is 2.78 bits per heavy atom. The standard InChI is InChI=1S/C20H20ClN3OS2/c1-26-14-6-7-16(21)15(12-14)20(25)24-10-8-23(9-11-24)13-19-22-17-4-2-3-5-18(17)27-19/h2-7,12H,8-11,13H2,1H3/p+1. The second-order valence-corrected chi connectivity index (χ2v) is 9.04. The van der Waals surface area contributed by atoms with E-state index in [0.29, 0.717) is 10.6 Å². The number of carbonyl (C=O) groups excluding carboxylic acids is 1. The fraction of sp³-hybridized carbons (Fsp3) is 0.300. The molecule has 1 saturated heterocycles. The van der Waals surface area contributed by atoms with Gasteiger partial charge in [0.1, 0.15) is 11.6 Å². The number of quaternary nitrogens is 1. The molecule has 0 bridgehead atoms. The number of nitrogens with zero attached hydrogens (tertiary/aromatic N) is 2. The van der Waals surface area contributed by atoms with Gasteiger partial charge >= 0.3 is 0 Å². The van der Waals surface area contributed by atoms with Crippen molar-refractivity contribution < 1.29 is 9.69 Å². The summed E-state index contributed by atoms with van der Waals surface area (Å²) in [5.74, 6) is 0.0370. The third-order valence-electron chi connectivity index (χ3n) is 4.90. The number of hydrogen-bond donors (Lipinski definition) is 1. The minimum absolute atomic E-state index is 0.0370. The summed E-state index contributed by atoms with van der Waals surface area (Å²) in [5.41, 5.74) is 1.69. The van der Waals surface area contributed by atoms with Crippen LogP contribution in [-0.2, 0) is 6.54 Å². The van der Waals surface area contributed by atoms with E-state index in [1.54, 1.807) is 23.1 Å². The predicted octanol–water partition coefficient (Wildman–Crippen LogP) is 3.21. The molecule has 1 fully saturated rings. The van der Waals surface area contributed by atoms with Gasteiger partial charge in [-0.05, 0) is 36.6 Å². The molecule has 0 atom stereocenters. The monoisotopic (exact) mass is 418 g/mol. The summed E-state index contributed by atoms with van der Waals surface area (Å²) in [4.78, 5) is 22.1. The lowest BCUT2D eigenvalue weighted by atomic mass is 10.1. The minimum atomic E-state index is 0.0370. The van der Waals surface area contributed by atoms with Crippen LogP contribution in [0.25, 0.3) is 10.2 Å². The zero-order valence-electron chi connectivity index (χ0n) is 15.1. The number of fused-ring (bicyclic) bond motifs is 1. The van der Waals surface area contributed by atoms with E-state index in [1.807, 2.05) is 35.4 Å². The van der Waals surface area contributed by atoms with E-state index in [2.05, 4.69) is 18.2 Å². The molecule has 4 nitrogen and oxygen atoms in total. The molecule has 0 radical (unpaired) electrons. The second-order valence-electron chi connectivity index (χ2n) is 6.64. The zero-order valence-corrected chi connectivity index (χ0v) is 17.5. The normalized spacial score (nSPS) is 15.4. The topological polar surface area (TPSA) is 37.6 Å². The summed E-state index contributed by atoms with van der Waals surface area (Å²) in [6.45, 7) is 4.28. The summed E-state index contributed by atoms with van der Waals surface area (Å²) in [6, 6.07) is 13.9. The van der Waals surface area contributed by atoms with Gasteiger partial charge in [0, 0.05) is 4.90 Å². The van der Waals surface area contributed by atoms with E-state index in [-0.39, 0.29) is 5.91 Å². The van der Waals surface area contributed by atoms with Crippen molar-refractivity contribution in [2.45, 2.75) is 11.4 Å².